The number of nitrogens with zero attached hydrogens (tertiary/aromatic N) is 2. The van der Waals surface area contributed by atoms with Gasteiger partial charge in [0, 0.05) is 27.6 Å². The van der Waals surface area contributed by atoms with Crippen LogP contribution in [0.15, 0.2) is 243 Å². The molecule has 2 heterocycles. The molecular formula is C60H40N2. The summed E-state index contributed by atoms with van der Waals surface area (Å²) in [6, 6.07) is 88.3. The summed E-state index contributed by atoms with van der Waals surface area (Å²) in [5.74, 6) is 0. The number of pyridine rings is 1. The monoisotopic (exact) mass is 788 g/mol. The van der Waals surface area contributed by atoms with Crippen molar-refractivity contribution in [3.8, 4) is 61.6 Å². The number of aromatic nitrogens is 2. The lowest BCUT2D eigenvalue weighted by molar-refractivity contribution is 0.769. The molecule has 1 aliphatic carbocycles. The Kier molecular flexibility index (Phi) is 8.43. The van der Waals surface area contributed by atoms with Gasteiger partial charge in [-0.25, -0.2) is 4.98 Å². The maximum Gasteiger partial charge on any atom is 0.0716 e. The van der Waals surface area contributed by atoms with Gasteiger partial charge in [0.1, 0.15) is 0 Å². The highest BCUT2D eigenvalue weighted by Crippen LogP contribution is 2.59. The van der Waals surface area contributed by atoms with Crippen LogP contribution in [-0.4, -0.2) is 9.55 Å². The van der Waals surface area contributed by atoms with E-state index in [1.165, 1.54) is 60.8 Å². The van der Waals surface area contributed by atoms with Crippen LogP contribution in [0.1, 0.15) is 22.3 Å². The molecule has 0 N–H and O–H groups in total. The Morgan fingerprint density at radius 3 is 1.55 bits per heavy atom. The van der Waals surface area contributed by atoms with E-state index in [1.807, 2.05) is 0 Å². The number of fused-ring (bicyclic) bond motifs is 7. The molecule has 0 aliphatic heterocycles. The predicted molar refractivity (Wildman–Crippen MR) is 258 cm³/mol. The van der Waals surface area contributed by atoms with Gasteiger partial charge in [0.25, 0.3) is 0 Å². The Bertz CT molecular complexity index is 3330. The highest BCUT2D eigenvalue weighted by Gasteiger charge is 2.47. The maximum atomic E-state index is 5.34. The molecule has 12 rings (SSSR count). The van der Waals surface area contributed by atoms with Crippen LogP contribution in [0.3, 0.4) is 0 Å². The van der Waals surface area contributed by atoms with Crippen LogP contribution < -0.4 is 0 Å². The molecule has 0 unspecified atom stereocenters. The molecule has 0 amide bonds. The predicted octanol–water partition coefficient (Wildman–Crippen LogP) is 15.2. The molecule has 0 atom stereocenters. The van der Waals surface area contributed by atoms with Crippen LogP contribution in [0.5, 0.6) is 0 Å². The fourth-order valence-electron chi connectivity index (χ4n) is 10.2. The second kappa shape index (κ2) is 14.6. The van der Waals surface area contributed by atoms with Gasteiger partial charge in [0.05, 0.1) is 27.8 Å². The van der Waals surface area contributed by atoms with Gasteiger partial charge >= 0.3 is 0 Å². The highest BCUT2D eigenvalue weighted by atomic mass is 15.0. The van der Waals surface area contributed by atoms with E-state index in [2.05, 4.69) is 247 Å². The average Bonchev–Trinajstić information content (AvgIpc) is 3.85. The lowest BCUT2D eigenvalue weighted by atomic mass is 9.67. The third kappa shape index (κ3) is 5.61. The summed E-state index contributed by atoms with van der Waals surface area (Å²) in [4.78, 5) is 5.34. The fourth-order valence-corrected chi connectivity index (χ4v) is 10.2. The maximum absolute atomic E-state index is 5.34. The van der Waals surface area contributed by atoms with Crippen LogP contribution in [0, 0.1) is 0 Å². The average molecular weight is 789 g/mol. The van der Waals surface area contributed by atoms with Gasteiger partial charge in [-0.3, -0.25) is 0 Å². The largest absolute Gasteiger partial charge is 0.309 e. The molecule has 11 aromatic rings. The number of benzene rings is 9. The van der Waals surface area contributed by atoms with Crippen molar-refractivity contribution in [1.29, 1.82) is 0 Å². The van der Waals surface area contributed by atoms with Crippen LogP contribution in [0.4, 0.5) is 0 Å². The SMILES string of the molecule is c1ccc(-c2cc(-c3ccccc3)nc(-c3cccc(-n4c5cc(-c6ccccc6)ccc5c5c6c(ccc54)C(c4ccccc4)(c4ccccc4)c4ccccc4-6)c3)c2)cc1. The highest BCUT2D eigenvalue weighted by molar-refractivity contribution is 6.19. The normalized spacial score (nSPS) is 12.6. The van der Waals surface area contributed by atoms with Crippen LogP contribution in [0.25, 0.3) is 83.4 Å². The zero-order valence-electron chi connectivity index (χ0n) is 34.0. The van der Waals surface area contributed by atoms with E-state index in [4.69, 9.17) is 4.98 Å². The van der Waals surface area contributed by atoms with Gasteiger partial charge in [0.2, 0.25) is 0 Å². The second-order valence-electron chi connectivity index (χ2n) is 16.3. The van der Waals surface area contributed by atoms with E-state index in [9.17, 15) is 0 Å². The number of hydrogen-bond acceptors (Lipinski definition) is 1. The Morgan fingerprint density at radius 2 is 0.887 bits per heavy atom. The molecule has 0 saturated heterocycles. The second-order valence-corrected chi connectivity index (χ2v) is 16.3. The summed E-state index contributed by atoms with van der Waals surface area (Å²) < 4.78 is 2.48. The van der Waals surface area contributed by atoms with Gasteiger partial charge in [-0.1, -0.05) is 206 Å². The minimum absolute atomic E-state index is 0.493. The van der Waals surface area contributed by atoms with Crippen molar-refractivity contribution < 1.29 is 0 Å². The molecule has 0 fully saturated rings. The first-order valence-corrected chi connectivity index (χ1v) is 21.4. The first-order valence-electron chi connectivity index (χ1n) is 21.4. The molecule has 0 saturated carbocycles. The molecule has 290 valence electrons. The lowest BCUT2D eigenvalue weighted by Gasteiger charge is -2.33. The van der Waals surface area contributed by atoms with Crippen molar-refractivity contribution in [2.75, 3.05) is 0 Å². The van der Waals surface area contributed by atoms with Gasteiger partial charge in [-0.15, -0.1) is 0 Å². The molecule has 0 radical (unpaired) electrons. The van der Waals surface area contributed by atoms with E-state index < -0.39 is 5.41 Å². The van der Waals surface area contributed by atoms with E-state index in [0.717, 1.165) is 44.8 Å². The molecule has 2 nitrogen and oxygen atoms in total. The summed E-state index contributed by atoms with van der Waals surface area (Å²) in [5, 5.41) is 2.49. The lowest BCUT2D eigenvalue weighted by Crippen LogP contribution is -2.28. The summed E-state index contributed by atoms with van der Waals surface area (Å²) in [6.45, 7) is 0. The molecule has 1 aliphatic rings. The Morgan fingerprint density at radius 1 is 0.339 bits per heavy atom. The molecule has 9 aromatic carbocycles. The first-order chi connectivity index (χ1) is 30.8. The summed E-state index contributed by atoms with van der Waals surface area (Å²) in [7, 11) is 0. The minimum atomic E-state index is -0.493. The molecule has 0 bridgehead atoms. The van der Waals surface area contributed by atoms with E-state index in [-0.39, 0.29) is 0 Å². The topological polar surface area (TPSA) is 17.8 Å². The summed E-state index contributed by atoms with van der Waals surface area (Å²) >= 11 is 0. The van der Waals surface area contributed by atoms with Crippen LogP contribution >= 0.6 is 0 Å². The van der Waals surface area contributed by atoms with Crippen molar-refractivity contribution in [1.82, 2.24) is 9.55 Å². The molecular weight excluding hydrogens is 749 g/mol. The van der Waals surface area contributed by atoms with Crippen molar-refractivity contribution in [3.63, 3.8) is 0 Å². The minimum Gasteiger partial charge on any atom is -0.309 e. The standard InChI is InChI=1S/C60H40N2/c1-6-19-41(20-7-1)44-33-34-51-57(40-44)62(49-30-18-25-45(37-49)55-39-46(42-21-8-2-9-22-42)38-54(61-55)43-23-10-3-11-24-43)56-36-35-53-58(59(51)56)50-31-16-17-32-52(50)60(53,47-26-12-4-13-27-47)48-28-14-5-15-29-48/h1-40H. The molecule has 2 aromatic heterocycles. The van der Waals surface area contributed by atoms with E-state index in [0.29, 0.717) is 0 Å². The number of hydrogen-bond donors (Lipinski definition) is 0. The van der Waals surface area contributed by atoms with Crippen molar-refractivity contribution in [2.45, 2.75) is 5.41 Å². The van der Waals surface area contributed by atoms with Crippen LogP contribution in [0.2, 0.25) is 0 Å². The van der Waals surface area contributed by atoms with Crippen molar-refractivity contribution in [2.24, 2.45) is 0 Å². The van der Waals surface area contributed by atoms with Gasteiger partial charge < -0.3 is 4.57 Å². The van der Waals surface area contributed by atoms with Crippen molar-refractivity contribution in [3.05, 3.63) is 265 Å². The third-order valence-corrected chi connectivity index (χ3v) is 12.9. The molecule has 62 heavy (non-hydrogen) atoms. The summed E-state index contributed by atoms with van der Waals surface area (Å²) in [6.07, 6.45) is 0. The van der Waals surface area contributed by atoms with Crippen molar-refractivity contribution >= 4 is 21.8 Å². The van der Waals surface area contributed by atoms with Gasteiger partial charge in [0.15, 0.2) is 0 Å². The first kappa shape index (κ1) is 35.8. The molecule has 2 heteroatoms. The fraction of sp³-hybridized carbons (Fsp3) is 0.0167. The Balaban J connectivity index is 1.14. The Hall–Kier alpha value is -8.07. The zero-order chi connectivity index (χ0) is 41.0. The quantitative estimate of drug-likeness (QED) is 0.157. The van der Waals surface area contributed by atoms with E-state index >= 15 is 0 Å². The zero-order valence-corrected chi connectivity index (χ0v) is 34.0. The smallest absolute Gasteiger partial charge is 0.0716 e. The molecule has 0 spiro atoms. The number of rotatable bonds is 7. The van der Waals surface area contributed by atoms with Gasteiger partial charge in [-0.2, -0.15) is 0 Å². The third-order valence-electron chi connectivity index (χ3n) is 12.9. The van der Waals surface area contributed by atoms with E-state index in [1.54, 1.807) is 0 Å². The van der Waals surface area contributed by atoms with Gasteiger partial charge in [-0.05, 0) is 92.0 Å². The summed E-state index contributed by atoms with van der Waals surface area (Å²) in [5.41, 5.74) is 19.4. The Labute approximate surface area is 361 Å². The van der Waals surface area contributed by atoms with Crippen LogP contribution in [-0.2, 0) is 5.41 Å².